The van der Waals surface area contributed by atoms with Crippen molar-refractivity contribution < 1.29 is 0 Å². The molecule has 3 atom stereocenters. The van der Waals surface area contributed by atoms with Gasteiger partial charge in [0.2, 0.25) is 0 Å². The van der Waals surface area contributed by atoms with Gasteiger partial charge in [-0.1, -0.05) is 74.1 Å². The summed E-state index contributed by atoms with van der Waals surface area (Å²) in [4.78, 5) is 0. The van der Waals surface area contributed by atoms with E-state index in [4.69, 9.17) is 0 Å². The number of hydrogen-bond donors (Lipinski definition) is 0. The van der Waals surface area contributed by atoms with Crippen LogP contribution in [0.1, 0.15) is 80.6 Å². The van der Waals surface area contributed by atoms with Crippen LogP contribution in [0.15, 0.2) is 0 Å². The second kappa shape index (κ2) is 9.00. The topological polar surface area (TPSA) is 0 Å². The van der Waals surface area contributed by atoms with Crippen molar-refractivity contribution in [3.8, 4) is 0 Å². The fraction of sp³-hybridized carbons (Fsp3) is 1.00. The summed E-state index contributed by atoms with van der Waals surface area (Å²) < 4.78 is 0. The third-order valence-corrected chi connectivity index (χ3v) is 5.07. The van der Waals surface area contributed by atoms with Crippen molar-refractivity contribution in [1.82, 2.24) is 0 Å². The van der Waals surface area contributed by atoms with Gasteiger partial charge >= 0.3 is 0 Å². The van der Waals surface area contributed by atoms with E-state index < -0.39 is 0 Å². The van der Waals surface area contributed by atoms with Crippen LogP contribution in [0, 0.1) is 29.6 Å². The third kappa shape index (κ3) is 5.44. The molecule has 0 aliphatic rings. The maximum absolute atomic E-state index is 2.44. The van der Waals surface area contributed by atoms with Crippen LogP contribution in [0.2, 0.25) is 0 Å². The third-order valence-electron chi connectivity index (χ3n) is 5.07. The second-order valence-electron chi connectivity index (χ2n) is 6.27. The van der Waals surface area contributed by atoms with E-state index in [-0.39, 0.29) is 0 Å². The highest BCUT2D eigenvalue weighted by atomic mass is 14.3. The van der Waals surface area contributed by atoms with Gasteiger partial charge in [0, 0.05) is 0 Å². The Morgan fingerprint density at radius 3 is 1.41 bits per heavy atom. The molecule has 0 saturated carbocycles. The Balaban J connectivity index is 4.57. The average molecular weight is 240 g/mol. The van der Waals surface area contributed by atoms with E-state index >= 15 is 0 Å². The van der Waals surface area contributed by atoms with Crippen molar-refractivity contribution in [3.63, 3.8) is 0 Å². The fourth-order valence-electron chi connectivity index (χ4n) is 3.34. The van der Waals surface area contributed by atoms with Crippen molar-refractivity contribution >= 4 is 0 Å². The first-order chi connectivity index (χ1) is 8.01. The molecule has 104 valence electrons. The van der Waals surface area contributed by atoms with E-state index in [9.17, 15) is 0 Å². The largest absolute Gasteiger partial charge is 0.0651 e. The van der Waals surface area contributed by atoms with E-state index in [0.717, 1.165) is 29.6 Å². The minimum atomic E-state index is 0.836. The van der Waals surface area contributed by atoms with Gasteiger partial charge in [-0.2, -0.15) is 0 Å². The van der Waals surface area contributed by atoms with Gasteiger partial charge in [0.1, 0.15) is 0 Å². The van der Waals surface area contributed by atoms with Crippen LogP contribution >= 0.6 is 0 Å². The molecular weight excluding hydrogens is 204 g/mol. The summed E-state index contributed by atoms with van der Waals surface area (Å²) in [6.45, 7) is 16.7. The highest BCUT2D eigenvalue weighted by molar-refractivity contribution is 4.76. The molecule has 0 aromatic carbocycles. The molecule has 0 aromatic rings. The van der Waals surface area contributed by atoms with Crippen molar-refractivity contribution in [2.24, 2.45) is 29.6 Å². The van der Waals surface area contributed by atoms with Crippen LogP contribution in [-0.4, -0.2) is 0 Å². The summed E-state index contributed by atoms with van der Waals surface area (Å²) in [5.74, 6) is 4.56. The van der Waals surface area contributed by atoms with Gasteiger partial charge in [0.15, 0.2) is 0 Å². The Morgan fingerprint density at radius 1 is 0.647 bits per heavy atom. The molecule has 0 bridgehead atoms. The molecule has 0 heterocycles. The summed E-state index contributed by atoms with van der Waals surface area (Å²) in [6, 6.07) is 0. The Kier molecular flexibility index (Phi) is 9.00. The lowest BCUT2D eigenvalue weighted by molar-refractivity contribution is 0.162. The van der Waals surface area contributed by atoms with Gasteiger partial charge in [0.25, 0.3) is 0 Å². The zero-order chi connectivity index (χ0) is 13.4. The SMILES string of the molecule is CCC(CC)C(CC)C(CC)CC(C)C(C)C. The Bertz CT molecular complexity index is 167. The molecule has 0 saturated heterocycles. The molecule has 0 N–H and O–H groups in total. The molecule has 0 heteroatoms. The van der Waals surface area contributed by atoms with Crippen molar-refractivity contribution in [3.05, 3.63) is 0 Å². The first kappa shape index (κ1) is 17.0. The summed E-state index contributed by atoms with van der Waals surface area (Å²) in [6.07, 6.45) is 6.90. The summed E-state index contributed by atoms with van der Waals surface area (Å²) in [7, 11) is 0. The smallest absolute Gasteiger partial charge is 0.0360 e. The zero-order valence-corrected chi connectivity index (χ0v) is 13.4. The van der Waals surface area contributed by atoms with Crippen LogP contribution in [-0.2, 0) is 0 Å². The predicted octanol–water partition coefficient (Wildman–Crippen LogP) is 6.16. The van der Waals surface area contributed by atoms with E-state index in [2.05, 4.69) is 48.5 Å². The molecule has 3 unspecified atom stereocenters. The van der Waals surface area contributed by atoms with Gasteiger partial charge in [-0.3, -0.25) is 0 Å². The Morgan fingerprint density at radius 2 is 1.12 bits per heavy atom. The quantitative estimate of drug-likeness (QED) is 0.453. The van der Waals surface area contributed by atoms with Crippen LogP contribution in [0.5, 0.6) is 0 Å². The first-order valence-corrected chi connectivity index (χ1v) is 8.01. The molecule has 0 spiro atoms. The molecule has 0 aliphatic heterocycles. The second-order valence-corrected chi connectivity index (χ2v) is 6.27. The van der Waals surface area contributed by atoms with Gasteiger partial charge < -0.3 is 0 Å². The molecule has 0 fully saturated rings. The van der Waals surface area contributed by atoms with Gasteiger partial charge in [0.05, 0.1) is 0 Å². The highest BCUT2D eigenvalue weighted by Crippen LogP contribution is 2.36. The normalized spacial score (nSPS) is 17.5. The van der Waals surface area contributed by atoms with Crippen molar-refractivity contribution in [2.75, 3.05) is 0 Å². The van der Waals surface area contributed by atoms with Gasteiger partial charge in [-0.25, -0.2) is 0 Å². The van der Waals surface area contributed by atoms with Crippen LogP contribution < -0.4 is 0 Å². The van der Waals surface area contributed by atoms with Crippen molar-refractivity contribution in [2.45, 2.75) is 80.6 Å². The maximum atomic E-state index is 2.44. The molecule has 0 aromatic heterocycles. The standard InChI is InChI=1S/C17H36/c1-8-15(9-2)17(11-4)16(10-3)12-14(7)13(5)6/h13-17H,8-12H2,1-7H3. The minimum Gasteiger partial charge on any atom is -0.0651 e. The van der Waals surface area contributed by atoms with Crippen LogP contribution in [0.4, 0.5) is 0 Å². The molecule has 0 nitrogen and oxygen atoms in total. The molecular formula is C17H36. The van der Waals surface area contributed by atoms with Gasteiger partial charge in [-0.05, 0) is 36.0 Å². The zero-order valence-electron chi connectivity index (χ0n) is 13.4. The fourth-order valence-corrected chi connectivity index (χ4v) is 3.34. The summed E-state index contributed by atoms with van der Waals surface area (Å²) in [5.41, 5.74) is 0. The average Bonchev–Trinajstić information content (AvgIpc) is 2.32. The Hall–Kier alpha value is 0. The monoisotopic (exact) mass is 240 g/mol. The molecule has 17 heavy (non-hydrogen) atoms. The van der Waals surface area contributed by atoms with Crippen LogP contribution in [0.3, 0.4) is 0 Å². The highest BCUT2D eigenvalue weighted by Gasteiger charge is 2.26. The van der Waals surface area contributed by atoms with Gasteiger partial charge in [-0.15, -0.1) is 0 Å². The van der Waals surface area contributed by atoms with Crippen molar-refractivity contribution in [1.29, 1.82) is 0 Å². The lowest BCUT2D eigenvalue weighted by Crippen LogP contribution is -2.25. The summed E-state index contributed by atoms with van der Waals surface area (Å²) in [5, 5.41) is 0. The minimum absolute atomic E-state index is 0.836. The van der Waals surface area contributed by atoms with E-state index in [0.29, 0.717) is 0 Å². The Labute approximate surface area is 111 Å². The molecule has 0 radical (unpaired) electrons. The number of hydrogen-bond acceptors (Lipinski definition) is 0. The van der Waals surface area contributed by atoms with E-state index in [1.807, 2.05) is 0 Å². The van der Waals surface area contributed by atoms with Crippen LogP contribution in [0.25, 0.3) is 0 Å². The van der Waals surface area contributed by atoms with E-state index in [1.54, 1.807) is 0 Å². The first-order valence-electron chi connectivity index (χ1n) is 8.01. The molecule has 0 amide bonds. The number of rotatable bonds is 9. The molecule has 0 rings (SSSR count). The molecule has 0 aliphatic carbocycles. The van der Waals surface area contributed by atoms with E-state index in [1.165, 1.54) is 32.1 Å². The lowest BCUT2D eigenvalue weighted by atomic mass is 9.72. The summed E-state index contributed by atoms with van der Waals surface area (Å²) >= 11 is 0. The maximum Gasteiger partial charge on any atom is -0.0360 e. The predicted molar refractivity (Wildman–Crippen MR) is 80.3 cm³/mol. The lowest BCUT2D eigenvalue weighted by Gasteiger charge is -2.34.